The number of amidine groups is 1. The molecule has 3 heterocycles. The Morgan fingerprint density at radius 2 is 2.03 bits per heavy atom. The Labute approximate surface area is 227 Å². The predicted molar refractivity (Wildman–Crippen MR) is 149 cm³/mol. The minimum Gasteiger partial charge on any atom is -0.465 e. The lowest BCUT2D eigenvalue weighted by Gasteiger charge is -2.30. The highest BCUT2D eigenvalue weighted by molar-refractivity contribution is 6.30. The van der Waals surface area contributed by atoms with E-state index in [1.54, 1.807) is 12.1 Å². The van der Waals surface area contributed by atoms with Gasteiger partial charge in [0, 0.05) is 29.7 Å². The zero-order chi connectivity index (χ0) is 27.2. The molecular weight excluding hydrogens is 506 g/mol. The number of amides is 1. The third kappa shape index (κ3) is 6.31. The normalized spacial score (nSPS) is 15.3. The molecule has 38 heavy (non-hydrogen) atoms. The van der Waals surface area contributed by atoms with Crippen LogP contribution < -0.4 is 10.2 Å². The summed E-state index contributed by atoms with van der Waals surface area (Å²) in [7, 11) is 0. The topological polar surface area (TPSA) is 129 Å². The van der Waals surface area contributed by atoms with Gasteiger partial charge in [0.05, 0.1) is 13.2 Å². The Morgan fingerprint density at radius 1 is 1.26 bits per heavy atom. The number of aromatic nitrogens is 4. The number of carboxylic acid groups (broad SMARTS) is 1. The summed E-state index contributed by atoms with van der Waals surface area (Å²) in [6.07, 6.45) is 4.66. The summed E-state index contributed by atoms with van der Waals surface area (Å²) in [5.41, 5.74) is 2.40. The molecule has 11 heteroatoms. The number of anilines is 1. The quantitative estimate of drug-likeness (QED) is 0.176. The van der Waals surface area contributed by atoms with Gasteiger partial charge in [-0.15, -0.1) is 6.58 Å². The summed E-state index contributed by atoms with van der Waals surface area (Å²) in [5, 5.41) is 20.0. The highest BCUT2D eigenvalue weighted by atomic mass is 35.5. The molecule has 1 unspecified atom stereocenters. The van der Waals surface area contributed by atoms with E-state index in [1.807, 2.05) is 18.2 Å². The van der Waals surface area contributed by atoms with Crippen molar-refractivity contribution in [1.29, 1.82) is 5.41 Å². The first kappa shape index (κ1) is 27.5. The van der Waals surface area contributed by atoms with E-state index in [-0.39, 0.29) is 11.9 Å². The Kier molecular flexibility index (Phi) is 8.96. The lowest BCUT2D eigenvalue weighted by molar-refractivity contribution is 0.121. The summed E-state index contributed by atoms with van der Waals surface area (Å²) < 4.78 is 7.77. The first-order chi connectivity index (χ1) is 18.3. The van der Waals surface area contributed by atoms with Crippen molar-refractivity contribution in [3.8, 4) is 11.3 Å². The average molecular weight is 540 g/mol. The van der Waals surface area contributed by atoms with E-state index in [9.17, 15) is 4.79 Å². The highest BCUT2D eigenvalue weighted by Gasteiger charge is 2.27. The van der Waals surface area contributed by atoms with Crippen molar-refractivity contribution < 1.29 is 14.6 Å². The molecule has 3 aromatic rings. The van der Waals surface area contributed by atoms with Gasteiger partial charge in [0.15, 0.2) is 17.3 Å². The average Bonchev–Trinajstić information content (AvgIpc) is 3.28. The van der Waals surface area contributed by atoms with Crippen molar-refractivity contribution in [2.75, 3.05) is 31.2 Å². The van der Waals surface area contributed by atoms with Crippen LogP contribution in [0.1, 0.15) is 51.4 Å². The molecule has 10 nitrogen and oxygen atoms in total. The minimum absolute atomic E-state index is 0.0565. The Hall–Kier alpha value is -3.50. The second-order valence-electron chi connectivity index (χ2n) is 9.67. The van der Waals surface area contributed by atoms with Crippen LogP contribution in [0.2, 0.25) is 5.02 Å². The molecule has 3 N–H and O–H groups in total. The first-order valence-corrected chi connectivity index (χ1v) is 13.2. The second-order valence-corrected chi connectivity index (χ2v) is 10.1. The third-order valence-corrected chi connectivity index (χ3v) is 6.94. The summed E-state index contributed by atoms with van der Waals surface area (Å²) >= 11 is 6.34. The molecule has 0 spiro atoms. The van der Waals surface area contributed by atoms with Crippen molar-refractivity contribution in [2.45, 2.75) is 45.6 Å². The van der Waals surface area contributed by atoms with Crippen molar-refractivity contribution in [2.24, 2.45) is 5.92 Å². The predicted octanol–water partition coefficient (Wildman–Crippen LogP) is 5.52. The van der Waals surface area contributed by atoms with E-state index in [4.69, 9.17) is 31.8 Å². The van der Waals surface area contributed by atoms with E-state index in [0.717, 1.165) is 42.7 Å². The lowest BCUT2D eigenvalue weighted by Crippen LogP contribution is -2.38. The number of morpholine rings is 1. The number of hydrogen-bond donors (Lipinski definition) is 3. The number of ether oxygens (including phenoxy) is 1. The molecule has 2 aromatic heterocycles. The third-order valence-electron chi connectivity index (χ3n) is 6.70. The zero-order valence-corrected chi connectivity index (χ0v) is 22.5. The van der Waals surface area contributed by atoms with E-state index in [1.165, 1.54) is 0 Å². The maximum atomic E-state index is 11.2. The molecule has 1 aliphatic heterocycles. The maximum Gasteiger partial charge on any atom is 0.410 e. The number of hydrogen-bond acceptors (Lipinski definition) is 7. The molecule has 0 aliphatic carbocycles. The number of nitrogens with zero attached hydrogens (tertiary/aromatic N) is 5. The number of imidazole rings is 1. The van der Waals surface area contributed by atoms with E-state index in [2.05, 4.69) is 45.2 Å². The maximum absolute atomic E-state index is 11.2. The van der Waals surface area contributed by atoms with Crippen LogP contribution in [0.3, 0.4) is 0 Å². The van der Waals surface area contributed by atoms with Crippen LogP contribution in [-0.4, -0.2) is 62.9 Å². The number of halogens is 1. The summed E-state index contributed by atoms with van der Waals surface area (Å²) in [5.74, 6) is 0.856. The molecular formula is C27H34ClN7O3. The Balaban J connectivity index is 1.87. The highest BCUT2D eigenvalue weighted by Crippen LogP contribution is 2.35. The standard InChI is InChI=1S/C27H34ClN7O3/c1-4-7-17(2)8-5-9-18(3)35-22-21(19-10-6-11-20(28)16-19)30-25(23(29)31-27(36)37)32-24(22)33-26(35)34-12-14-38-15-13-34/h4,6,10-11,16-18H,1,5,7-9,12-15H2,2-3H3,(H2,29,31)(H,36,37)/t17-,18?/m0/s1. The van der Waals surface area contributed by atoms with Crippen LogP contribution in [0.15, 0.2) is 36.9 Å². The Morgan fingerprint density at radius 3 is 2.71 bits per heavy atom. The van der Waals surface area contributed by atoms with Crippen molar-refractivity contribution >= 4 is 40.6 Å². The zero-order valence-electron chi connectivity index (χ0n) is 21.8. The monoisotopic (exact) mass is 539 g/mol. The SMILES string of the molecule is C=CC[C@H](C)CCCC(C)n1c(N2CCOCC2)nc2nc(C(=N)NC(=O)O)nc(-c3cccc(Cl)c3)c21. The first-order valence-electron chi connectivity index (χ1n) is 12.9. The molecule has 4 rings (SSSR count). The van der Waals surface area contributed by atoms with Crippen LogP contribution in [-0.2, 0) is 4.74 Å². The summed E-state index contributed by atoms with van der Waals surface area (Å²) in [4.78, 5) is 27.5. The molecule has 1 fully saturated rings. The second kappa shape index (κ2) is 12.4. The molecule has 1 saturated heterocycles. The van der Waals surface area contributed by atoms with E-state index < -0.39 is 11.9 Å². The molecule has 202 valence electrons. The molecule has 1 aliphatic rings. The van der Waals surface area contributed by atoms with Gasteiger partial charge >= 0.3 is 6.09 Å². The molecule has 1 aromatic carbocycles. The van der Waals surface area contributed by atoms with Gasteiger partial charge in [-0.05, 0) is 37.8 Å². The van der Waals surface area contributed by atoms with Gasteiger partial charge in [0.1, 0.15) is 11.2 Å². The van der Waals surface area contributed by atoms with E-state index >= 15 is 0 Å². The molecule has 0 saturated carbocycles. The van der Waals surface area contributed by atoms with Gasteiger partial charge in [-0.2, -0.15) is 4.98 Å². The fourth-order valence-corrected chi connectivity index (χ4v) is 4.99. The molecule has 2 atom stereocenters. The fourth-order valence-electron chi connectivity index (χ4n) is 4.80. The van der Waals surface area contributed by atoms with Crippen LogP contribution >= 0.6 is 11.6 Å². The van der Waals surface area contributed by atoms with Crippen molar-refractivity contribution in [3.63, 3.8) is 0 Å². The summed E-state index contributed by atoms with van der Waals surface area (Å²) in [6, 6.07) is 7.38. The van der Waals surface area contributed by atoms with Gasteiger partial charge in [0.2, 0.25) is 5.95 Å². The number of nitrogens with one attached hydrogen (secondary N) is 2. The molecule has 1 amide bonds. The van der Waals surface area contributed by atoms with Crippen LogP contribution in [0.5, 0.6) is 0 Å². The van der Waals surface area contributed by atoms with Gasteiger partial charge in [-0.25, -0.2) is 14.8 Å². The van der Waals surface area contributed by atoms with Gasteiger partial charge in [-0.3, -0.25) is 10.7 Å². The number of fused-ring (bicyclic) bond motifs is 1. The van der Waals surface area contributed by atoms with Crippen LogP contribution in [0, 0.1) is 11.3 Å². The van der Waals surface area contributed by atoms with Gasteiger partial charge in [0.25, 0.3) is 0 Å². The Bertz CT molecular complexity index is 1320. The molecule has 0 radical (unpaired) electrons. The lowest BCUT2D eigenvalue weighted by atomic mass is 9.99. The fraction of sp³-hybridized carbons (Fsp3) is 0.444. The van der Waals surface area contributed by atoms with Crippen LogP contribution in [0.25, 0.3) is 22.4 Å². The van der Waals surface area contributed by atoms with Gasteiger partial charge in [-0.1, -0.05) is 49.6 Å². The van der Waals surface area contributed by atoms with Crippen LogP contribution in [0.4, 0.5) is 10.7 Å². The minimum atomic E-state index is -1.36. The largest absolute Gasteiger partial charge is 0.465 e. The van der Waals surface area contributed by atoms with Crippen molar-refractivity contribution in [3.05, 3.63) is 47.8 Å². The number of benzene rings is 1. The smallest absolute Gasteiger partial charge is 0.410 e. The molecule has 0 bridgehead atoms. The summed E-state index contributed by atoms with van der Waals surface area (Å²) in [6.45, 7) is 10.9. The number of allylic oxidation sites excluding steroid dienone is 1. The number of rotatable bonds is 10. The van der Waals surface area contributed by atoms with Gasteiger partial charge < -0.3 is 19.3 Å². The number of carbonyl (C=O) groups is 1. The van der Waals surface area contributed by atoms with Crippen molar-refractivity contribution in [1.82, 2.24) is 24.8 Å². The van der Waals surface area contributed by atoms with E-state index in [0.29, 0.717) is 48.6 Å².